The summed E-state index contributed by atoms with van der Waals surface area (Å²) in [5.41, 5.74) is 1.04. The number of carbonyl (C=O) groups excluding carboxylic acids is 3. The fraction of sp³-hybridized carbons (Fsp3) is 0.308. The maximum atomic E-state index is 11.8. The Morgan fingerprint density at radius 3 is 2.32 bits per heavy atom. The van der Waals surface area contributed by atoms with Crippen LogP contribution in [0.1, 0.15) is 22.0 Å². The lowest BCUT2D eigenvalue weighted by Crippen LogP contribution is -2.37. The van der Waals surface area contributed by atoms with Crippen LogP contribution in [0.15, 0.2) is 24.3 Å². The lowest BCUT2D eigenvalue weighted by molar-refractivity contribution is -0.160. The molecule has 1 unspecified atom stereocenters. The molecule has 1 aliphatic heterocycles. The standard InChI is InChI=1S/C13H13NO5/c1-18-12(16)9(13(17)19-2)10-7-5-3-4-6-8(7)11(15)14-10/h3-6,9-10H,1-2H3,(H,14,15). The summed E-state index contributed by atoms with van der Waals surface area (Å²) >= 11 is 0. The second-order valence-corrected chi connectivity index (χ2v) is 4.06. The fourth-order valence-corrected chi connectivity index (χ4v) is 2.16. The van der Waals surface area contributed by atoms with Gasteiger partial charge in [-0.1, -0.05) is 18.2 Å². The number of amides is 1. The van der Waals surface area contributed by atoms with Crippen LogP contribution >= 0.6 is 0 Å². The van der Waals surface area contributed by atoms with E-state index < -0.39 is 23.9 Å². The monoisotopic (exact) mass is 263 g/mol. The molecule has 0 saturated heterocycles. The minimum absolute atomic E-state index is 0.321. The normalized spacial score (nSPS) is 16.8. The van der Waals surface area contributed by atoms with Crippen molar-refractivity contribution in [3.8, 4) is 0 Å². The smallest absolute Gasteiger partial charge is 0.322 e. The lowest BCUT2D eigenvalue weighted by Gasteiger charge is -2.19. The molecule has 0 fully saturated rings. The van der Waals surface area contributed by atoms with Gasteiger partial charge in [-0.05, 0) is 11.6 Å². The second-order valence-electron chi connectivity index (χ2n) is 4.06. The van der Waals surface area contributed by atoms with Gasteiger partial charge in [-0.15, -0.1) is 0 Å². The first-order valence-electron chi connectivity index (χ1n) is 5.65. The van der Waals surface area contributed by atoms with Crippen molar-refractivity contribution in [3.63, 3.8) is 0 Å². The lowest BCUT2D eigenvalue weighted by atomic mass is 9.93. The third-order valence-corrected chi connectivity index (χ3v) is 3.07. The third kappa shape index (κ3) is 2.16. The zero-order valence-corrected chi connectivity index (χ0v) is 10.5. The van der Waals surface area contributed by atoms with Gasteiger partial charge in [0.05, 0.1) is 20.3 Å². The van der Waals surface area contributed by atoms with Gasteiger partial charge >= 0.3 is 11.9 Å². The van der Waals surface area contributed by atoms with Crippen molar-refractivity contribution in [1.29, 1.82) is 0 Å². The van der Waals surface area contributed by atoms with Crippen molar-refractivity contribution in [2.45, 2.75) is 6.04 Å². The molecule has 19 heavy (non-hydrogen) atoms. The van der Waals surface area contributed by atoms with E-state index >= 15 is 0 Å². The average molecular weight is 263 g/mol. The summed E-state index contributed by atoms with van der Waals surface area (Å²) in [5.74, 6) is -3.01. The van der Waals surface area contributed by atoms with Crippen LogP contribution < -0.4 is 5.32 Å². The highest BCUT2D eigenvalue weighted by Crippen LogP contribution is 2.32. The van der Waals surface area contributed by atoms with Crippen molar-refractivity contribution in [2.75, 3.05) is 14.2 Å². The molecule has 0 spiro atoms. The van der Waals surface area contributed by atoms with Crippen molar-refractivity contribution in [2.24, 2.45) is 5.92 Å². The molecule has 0 aliphatic carbocycles. The highest BCUT2D eigenvalue weighted by atomic mass is 16.5. The summed E-state index contributed by atoms with van der Waals surface area (Å²) in [5, 5.41) is 2.61. The number of nitrogens with one attached hydrogen (secondary N) is 1. The molecule has 0 radical (unpaired) electrons. The Bertz CT molecular complexity index is 524. The highest BCUT2D eigenvalue weighted by molar-refractivity contribution is 6.03. The topological polar surface area (TPSA) is 81.7 Å². The van der Waals surface area contributed by atoms with E-state index in [9.17, 15) is 14.4 Å². The van der Waals surface area contributed by atoms with E-state index in [1.54, 1.807) is 24.3 Å². The minimum atomic E-state index is -1.21. The Balaban J connectivity index is 2.42. The number of hydrogen-bond donors (Lipinski definition) is 1. The molecule has 1 N–H and O–H groups in total. The van der Waals surface area contributed by atoms with Crippen LogP contribution in [-0.4, -0.2) is 32.1 Å². The number of benzene rings is 1. The maximum Gasteiger partial charge on any atom is 0.322 e. The molecular weight excluding hydrogens is 250 g/mol. The zero-order valence-electron chi connectivity index (χ0n) is 10.5. The minimum Gasteiger partial charge on any atom is -0.468 e. The SMILES string of the molecule is COC(=O)C(C(=O)OC)C1NC(=O)c2ccccc21. The maximum absolute atomic E-state index is 11.8. The molecule has 100 valence electrons. The van der Waals surface area contributed by atoms with Gasteiger partial charge in [-0.2, -0.15) is 0 Å². The number of ether oxygens (including phenoxy) is 2. The molecule has 2 rings (SSSR count). The zero-order chi connectivity index (χ0) is 14.0. The second kappa shape index (κ2) is 5.09. The van der Waals surface area contributed by atoms with Crippen LogP contribution in [0.5, 0.6) is 0 Å². The van der Waals surface area contributed by atoms with E-state index in [0.29, 0.717) is 11.1 Å². The van der Waals surface area contributed by atoms with Gasteiger partial charge in [-0.25, -0.2) is 0 Å². The van der Waals surface area contributed by atoms with E-state index in [2.05, 4.69) is 14.8 Å². The summed E-state index contributed by atoms with van der Waals surface area (Å²) in [7, 11) is 2.36. The summed E-state index contributed by atoms with van der Waals surface area (Å²) in [6.07, 6.45) is 0. The Morgan fingerprint density at radius 1 is 1.16 bits per heavy atom. The van der Waals surface area contributed by atoms with Crippen LogP contribution in [0, 0.1) is 5.92 Å². The molecule has 1 aliphatic rings. The number of carbonyl (C=O) groups is 3. The van der Waals surface area contributed by atoms with E-state index in [-0.39, 0.29) is 5.91 Å². The molecule has 6 nitrogen and oxygen atoms in total. The summed E-state index contributed by atoms with van der Waals surface area (Å²) < 4.78 is 9.21. The highest BCUT2D eigenvalue weighted by Gasteiger charge is 2.43. The first-order valence-corrected chi connectivity index (χ1v) is 5.65. The van der Waals surface area contributed by atoms with Gasteiger partial charge in [-0.3, -0.25) is 14.4 Å². The molecular formula is C13H13NO5. The van der Waals surface area contributed by atoms with Gasteiger partial charge in [0, 0.05) is 5.56 Å². The number of hydrogen-bond acceptors (Lipinski definition) is 5. The Labute approximate surface area is 109 Å². The molecule has 0 bridgehead atoms. The van der Waals surface area contributed by atoms with Crippen LogP contribution in [0.3, 0.4) is 0 Å². The van der Waals surface area contributed by atoms with E-state index in [0.717, 1.165) is 0 Å². The summed E-state index contributed by atoms with van der Waals surface area (Å²) in [6, 6.07) is 6.01. The van der Waals surface area contributed by atoms with Gasteiger partial charge in [0.25, 0.3) is 5.91 Å². The first kappa shape index (κ1) is 13.1. The Hall–Kier alpha value is -2.37. The van der Waals surface area contributed by atoms with Crippen molar-refractivity contribution >= 4 is 17.8 Å². The van der Waals surface area contributed by atoms with Crippen LogP contribution in [-0.2, 0) is 19.1 Å². The van der Waals surface area contributed by atoms with Crippen LogP contribution in [0.4, 0.5) is 0 Å². The van der Waals surface area contributed by atoms with Crippen molar-refractivity contribution < 1.29 is 23.9 Å². The fourth-order valence-electron chi connectivity index (χ4n) is 2.16. The predicted octanol–water partition coefficient (Wildman–Crippen LogP) is 0.433. The number of esters is 2. The van der Waals surface area contributed by atoms with Gasteiger partial charge < -0.3 is 14.8 Å². The van der Waals surface area contributed by atoms with Crippen molar-refractivity contribution in [3.05, 3.63) is 35.4 Å². The van der Waals surface area contributed by atoms with Crippen LogP contribution in [0.2, 0.25) is 0 Å². The van der Waals surface area contributed by atoms with Crippen molar-refractivity contribution in [1.82, 2.24) is 5.32 Å². The largest absolute Gasteiger partial charge is 0.468 e. The Morgan fingerprint density at radius 2 is 1.74 bits per heavy atom. The molecule has 1 atom stereocenters. The van der Waals surface area contributed by atoms with E-state index in [4.69, 9.17) is 0 Å². The summed E-state index contributed by atoms with van der Waals surface area (Å²) in [6.45, 7) is 0. The molecule has 1 aromatic rings. The van der Waals surface area contributed by atoms with Gasteiger partial charge in [0.2, 0.25) is 0 Å². The molecule has 1 amide bonds. The average Bonchev–Trinajstić information content (AvgIpc) is 2.76. The molecule has 0 saturated carbocycles. The van der Waals surface area contributed by atoms with E-state index in [1.807, 2.05) is 0 Å². The molecule has 1 aromatic carbocycles. The van der Waals surface area contributed by atoms with Gasteiger partial charge in [0.1, 0.15) is 0 Å². The predicted molar refractivity (Wildman–Crippen MR) is 64.2 cm³/mol. The number of rotatable bonds is 3. The quantitative estimate of drug-likeness (QED) is 0.632. The summed E-state index contributed by atoms with van der Waals surface area (Å²) in [4.78, 5) is 35.3. The molecule has 6 heteroatoms. The number of methoxy groups -OCH3 is 2. The van der Waals surface area contributed by atoms with E-state index in [1.165, 1.54) is 14.2 Å². The molecule has 1 heterocycles. The van der Waals surface area contributed by atoms with Crippen LogP contribution in [0.25, 0.3) is 0 Å². The molecule has 0 aromatic heterocycles. The van der Waals surface area contributed by atoms with Gasteiger partial charge in [0.15, 0.2) is 5.92 Å². The number of fused-ring (bicyclic) bond motifs is 1. The third-order valence-electron chi connectivity index (χ3n) is 3.07. The first-order chi connectivity index (χ1) is 9.10. The Kier molecular flexibility index (Phi) is 3.50.